The zero-order valence-electron chi connectivity index (χ0n) is 13.6. The molecule has 0 saturated heterocycles. The average molecular weight is 318 g/mol. The van der Waals surface area contributed by atoms with Crippen LogP contribution in [0.4, 0.5) is 5.69 Å². The number of benzene rings is 1. The van der Waals surface area contributed by atoms with E-state index in [0.29, 0.717) is 5.92 Å². The lowest BCUT2D eigenvalue weighted by molar-refractivity contribution is -0.150. The first-order valence-corrected chi connectivity index (χ1v) is 7.68. The molecule has 124 valence electrons. The van der Waals surface area contributed by atoms with Crippen molar-refractivity contribution < 1.29 is 19.1 Å². The molecule has 2 rings (SSSR count). The Morgan fingerprint density at radius 3 is 2.35 bits per heavy atom. The Morgan fingerprint density at radius 2 is 1.78 bits per heavy atom. The number of hydrogen-bond acceptors (Lipinski definition) is 4. The standard InChI is InChI=1S/C17H22N2O4/c1-10-5-4-6-11(2)16(10)19-14(20)8-18-15(21)9-23-17(22)13-7-12(13)3/h4-6,12-13H,7-9H2,1-3H3,(H,18,21)(H,19,20)/t12-,13-/m1/s1. The van der Waals surface area contributed by atoms with Crippen molar-refractivity contribution in [2.24, 2.45) is 11.8 Å². The Hall–Kier alpha value is -2.37. The SMILES string of the molecule is Cc1cccc(C)c1NC(=O)CNC(=O)COC(=O)[C@@H]1C[C@H]1C. The fraction of sp³-hybridized carbons (Fsp3) is 0.471. The molecule has 23 heavy (non-hydrogen) atoms. The highest BCUT2D eigenvalue weighted by Gasteiger charge is 2.40. The van der Waals surface area contributed by atoms with E-state index in [9.17, 15) is 14.4 Å². The highest BCUT2D eigenvalue weighted by Crippen LogP contribution is 2.38. The second kappa shape index (κ2) is 7.26. The summed E-state index contributed by atoms with van der Waals surface area (Å²) in [6.07, 6.45) is 0.818. The topological polar surface area (TPSA) is 84.5 Å². The van der Waals surface area contributed by atoms with Crippen LogP contribution in [-0.4, -0.2) is 30.9 Å². The van der Waals surface area contributed by atoms with Crippen LogP contribution in [-0.2, 0) is 19.1 Å². The van der Waals surface area contributed by atoms with Crippen molar-refractivity contribution in [2.45, 2.75) is 27.2 Å². The van der Waals surface area contributed by atoms with Crippen molar-refractivity contribution >= 4 is 23.5 Å². The minimum atomic E-state index is -0.483. The van der Waals surface area contributed by atoms with Crippen LogP contribution < -0.4 is 10.6 Å². The van der Waals surface area contributed by atoms with E-state index in [2.05, 4.69) is 10.6 Å². The van der Waals surface area contributed by atoms with E-state index in [1.54, 1.807) is 0 Å². The summed E-state index contributed by atoms with van der Waals surface area (Å²) >= 11 is 0. The van der Waals surface area contributed by atoms with Crippen molar-refractivity contribution in [1.29, 1.82) is 0 Å². The molecule has 6 nitrogen and oxygen atoms in total. The first-order valence-electron chi connectivity index (χ1n) is 7.68. The summed E-state index contributed by atoms with van der Waals surface area (Å²) in [5, 5.41) is 5.21. The number of para-hydroxylation sites is 1. The molecule has 0 bridgehead atoms. The average Bonchev–Trinajstić information content (AvgIpc) is 3.23. The molecule has 0 aromatic heterocycles. The fourth-order valence-electron chi connectivity index (χ4n) is 2.32. The van der Waals surface area contributed by atoms with Gasteiger partial charge in [0.25, 0.3) is 5.91 Å². The smallest absolute Gasteiger partial charge is 0.309 e. The van der Waals surface area contributed by atoms with Gasteiger partial charge in [0.1, 0.15) is 0 Å². The number of amides is 2. The highest BCUT2D eigenvalue weighted by molar-refractivity contribution is 5.96. The van der Waals surface area contributed by atoms with E-state index in [1.807, 2.05) is 39.0 Å². The minimum Gasteiger partial charge on any atom is -0.455 e. The van der Waals surface area contributed by atoms with Crippen molar-refractivity contribution in [3.63, 3.8) is 0 Å². The fourth-order valence-corrected chi connectivity index (χ4v) is 2.32. The molecule has 0 spiro atoms. The predicted octanol–water partition coefficient (Wildman–Crippen LogP) is 1.56. The largest absolute Gasteiger partial charge is 0.455 e. The predicted molar refractivity (Wildman–Crippen MR) is 85.8 cm³/mol. The number of rotatable bonds is 6. The third kappa shape index (κ3) is 4.81. The summed E-state index contributed by atoms with van der Waals surface area (Å²) in [4.78, 5) is 35.0. The number of carbonyl (C=O) groups is 3. The maximum atomic E-state index is 11.9. The van der Waals surface area contributed by atoms with Gasteiger partial charge in [-0.2, -0.15) is 0 Å². The van der Waals surface area contributed by atoms with Crippen LogP contribution >= 0.6 is 0 Å². The summed E-state index contributed by atoms with van der Waals surface area (Å²) in [5.74, 6) is -0.877. The van der Waals surface area contributed by atoms with Crippen LogP contribution in [0, 0.1) is 25.7 Å². The number of carbonyl (C=O) groups excluding carboxylic acids is 3. The number of nitrogens with one attached hydrogen (secondary N) is 2. The van der Waals surface area contributed by atoms with E-state index in [4.69, 9.17) is 4.74 Å². The Bertz CT molecular complexity index is 607. The number of ether oxygens (including phenoxy) is 1. The van der Waals surface area contributed by atoms with E-state index in [0.717, 1.165) is 23.2 Å². The molecule has 1 saturated carbocycles. The zero-order valence-corrected chi connectivity index (χ0v) is 13.6. The molecule has 1 aromatic rings. The third-order valence-corrected chi connectivity index (χ3v) is 3.95. The summed E-state index contributed by atoms with van der Waals surface area (Å²) in [5.41, 5.74) is 2.66. The van der Waals surface area contributed by atoms with Crippen LogP contribution in [0.5, 0.6) is 0 Å². The summed E-state index contributed by atoms with van der Waals surface area (Å²) in [6, 6.07) is 5.72. The molecule has 0 heterocycles. The number of hydrogen-bond donors (Lipinski definition) is 2. The van der Waals surface area contributed by atoms with Crippen molar-refractivity contribution in [2.75, 3.05) is 18.5 Å². The minimum absolute atomic E-state index is 0.0740. The highest BCUT2D eigenvalue weighted by atomic mass is 16.5. The van der Waals surface area contributed by atoms with Gasteiger partial charge in [-0.05, 0) is 37.3 Å². The number of anilines is 1. The van der Waals surface area contributed by atoms with Crippen LogP contribution in [0.15, 0.2) is 18.2 Å². The molecule has 1 aliphatic carbocycles. The van der Waals surface area contributed by atoms with Crippen LogP contribution in [0.3, 0.4) is 0 Å². The first-order chi connectivity index (χ1) is 10.9. The molecule has 6 heteroatoms. The molecule has 1 aromatic carbocycles. The lowest BCUT2D eigenvalue weighted by Crippen LogP contribution is -2.36. The van der Waals surface area contributed by atoms with Gasteiger partial charge in [-0.1, -0.05) is 25.1 Å². The van der Waals surface area contributed by atoms with Crippen molar-refractivity contribution in [1.82, 2.24) is 5.32 Å². The maximum Gasteiger partial charge on any atom is 0.309 e. The van der Waals surface area contributed by atoms with Gasteiger partial charge in [0, 0.05) is 5.69 Å². The quantitative estimate of drug-likeness (QED) is 0.780. The monoisotopic (exact) mass is 318 g/mol. The molecule has 2 atom stereocenters. The first kappa shape index (κ1) is 17.0. The van der Waals surface area contributed by atoms with Gasteiger partial charge < -0.3 is 15.4 Å². The second-order valence-electron chi connectivity index (χ2n) is 6.02. The molecule has 1 aliphatic rings. The number of aryl methyl sites for hydroxylation is 2. The third-order valence-electron chi connectivity index (χ3n) is 3.95. The lowest BCUT2D eigenvalue weighted by Gasteiger charge is -2.12. The lowest BCUT2D eigenvalue weighted by atomic mass is 10.1. The summed E-state index contributed by atoms with van der Waals surface area (Å²) < 4.78 is 4.90. The molecular formula is C17H22N2O4. The van der Waals surface area contributed by atoms with Gasteiger partial charge in [0.15, 0.2) is 6.61 Å². The molecule has 1 fully saturated rings. The van der Waals surface area contributed by atoms with Gasteiger partial charge in [-0.25, -0.2) is 0 Å². The Balaban J connectivity index is 1.71. The van der Waals surface area contributed by atoms with Crippen LogP contribution in [0.2, 0.25) is 0 Å². The molecule has 2 N–H and O–H groups in total. The molecule has 0 aliphatic heterocycles. The summed E-state index contributed by atoms with van der Waals surface area (Å²) in [7, 11) is 0. The van der Waals surface area contributed by atoms with E-state index in [1.165, 1.54) is 0 Å². The molecule has 2 amide bonds. The molecular weight excluding hydrogens is 296 g/mol. The zero-order chi connectivity index (χ0) is 17.0. The van der Waals surface area contributed by atoms with Gasteiger partial charge in [-0.15, -0.1) is 0 Å². The van der Waals surface area contributed by atoms with Gasteiger partial charge in [0.05, 0.1) is 12.5 Å². The number of esters is 1. The second-order valence-corrected chi connectivity index (χ2v) is 6.02. The van der Waals surface area contributed by atoms with E-state index >= 15 is 0 Å². The maximum absolute atomic E-state index is 11.9. The van der Waals surface area contributed by atoms with E-state index in [-0.39, 0.29) is 30.9 Å². The van der Waals surface area contributed by atoms with Gasteiger partial charge in [0.2, 0.25) is 5.91 Å². The molecule has 0 unspecified atom stereocenters. The summed E-state index contributed by atoms with van der Waals surface area (Å²) in [6.45, 7) is 5.26. The Morgan fingerprint density at radius 1 is 1.17 bits per heavy atom. The van der Waals surface area contributed by atoms with Crippen LogP contribution in [0.1, 0.15) is 24.5 Å². The van der Waals surface area contributed by atoms with Crippen LogP contribution in [0.25, 0.3) is 0 Å². The Kier molecular flexibility index (Phi) is 5.36. The van der Waals surface area contributed by atoms with Crippen molar-refractivity contribution in [3.8, 4) is 0 Å². The van der Waals surface area contributed by atoms with Crippen molar-refractivity contribution in [3.05, 3.63) is 29.3 Å². The normalized spacial score (nSPS) is 18.9. The van der Waals surface area contributed by atoms with Gasteiger partial charge in [-0.3, -0.25) is 14.4 Å². The van der Waals surface area contributed by atoms with E-state index < -0.39 is 5.91 Å². The van der Waals surface area contributed by atoms with Gasteiger partial charge >= 0.3 is 5.97 Å². The Labute approximate surface area is 135 Å². The molecule has 0 radical (unpaired) electrons.